The summed E-state index contributed by atoms with van der Waals surface area (Å²) in [6.07, 6.45) is 0. The van der Waals surface area contributed by atoms with Gasteiger partial charge in [-0.05, 0) is 64.4 Å². The monoisotopic (exact) mass is 740 g/mol. The van der Waals surface area contributed by atoms with E-state index in [2.05, 4.69) is 179 Å². The van der Waals surface area contributed by atoms with Crippen LogP contribution in [0.2, 0.25) is 0 Å². The van der Waals surface area contributed by atoms with Crippen molar-refractivity contribution in [1.82, 2.24) is 18.9 Å². The van der Waals surface area contributed by atoms with E-state index >= 15 is 0 Å². The summed E-state index contributed by atoms with van der Waals surface area (Å²) in [6.45, 7) is 0. The second-order valence-electron chi connectivity index (χ2n) is 15.3. The van der Waals surface area contributed by atoms with Gasteiger partial charge in [0.2, 0.25) is 0 Å². The molecule has 0 N–H and O–H groups in total. The van der Waals surface area contributed by atoms with Gasteiger partial charge in [-0.15, -0.1) is 11.3 Å². The van der Waals surface area contributed by atoms with E-state index in [1.165, 1.54) is 74.6 Å². The van der Waals surface area contributed by atoms with Crippen LogP contribution in [0, 0.1) is 0 Å². The Morgan fingerprint density at radius 3 is 1.79 bits per heavy atom. The lowest BCUT2D eigenvalue weighted by Gasteiger charge is -2.17. The second-order valence-corrected chi connectivity index (χ2v) is 16.3. The summed E-state index contributed by atoms with van der Waals surface area (Å²) in [5.74, 6) is 0.826. The summed E-state index contributed by atoms with van der Waals surface area (Å²) in [7, 11) is 0. The van der Waals surface area contributed by atoms with Crippen LogP contribution in [0.3, 0.4) is 0 Å². The molecule has 5 heterocycles. The predicted octanol–water partition coefficient (Wildman–Crippen LogP) is 14.2. The topological polar surface area (TPSA) is 35.1 Å². The van der Waals surface area contributed by atoms with Crippen molar-refractivity contribution in [2.75, 3.05) is 0 Å². The van der Waals surface area contributed by atoms with Crippen LogP contribution in [0.25, 0.3) is 130 Å². The number of rotatable bonds is 3. The first-order valence-corrected chi connectivity index (χ1v) is 20.2. The molecule has 0 saturated heterocycles. The highest BCUT2D eigenvalue weighted by Crippen LogP contribution is 2.50. The largest absolute Gasteiger partial charge is 0.308 e. The fourth-order valence-electron chi connectivity index (χ4n) is 10.1. The Morgan fingerprint density at radius 2 is 0.965 bits per heavy atom. The maximum atomic E-state index is 5.82. The molecule has 0 unspecified atom stereocenters. The molecular weight excluding hydrogens is 713 g/mol. The van der Waals surface area contributed by atoms with Crippen LogP contribution < -0.4 is 0 Å². The maximum Gasteiger partial charge on any atom is 0.165 e. The zero-order chi connectivity index (χ0) is 36.9. The molecule has 14 aromatic rings. The normalized spacial score (nSPS) is 12.6. The van der Waals surface area contributed by atoms with Gasteiger partial charge in [-0.2, -0.15) is 0 Å². The Kier molecular flexibility index (Phi) is 5.62. The van der Waals surface area contributed by atoms with Crippen molar-refractivity contribution in [3.8, 4) is 28.2 Å². The Bertz CT molecular complexity index is 3980. The van der Waals surface area contributed by atoms with Crippen molar-refractivity contribution in [1.29, 1.82) is 0 Å². The number of thiophene rings is 1. The second kappa shape index (κ2) is 10.7. The van der Waals surface area contributed by atoms with Crippen LogP contribution >= 0.6 is 11.3 Å². The molecule has 0 atom stereocenters. The number of nitrogens with zero attached hydrogens (tertiary/aromatic N) is 4. The van der Waals surface area contributed by atoms with E-state index in [1.807, 2.05) is 11.3 Å². The molecule has 0 saturated carbocycles. The van der Waals surface area contributed by atoms with Gasteiger partial charge in [0.25, 0.3) is 0 Å². The number of aromatic nitrogens is 4. The van der Waals surface area contributed by atoms with Crippen molar-refractivity contribution >= 4 is 113 Å². The molecule has 0 aliphatic heterocycles. The first kappa shape index (κ1) is 29.9. The Labute approximate surface area is 328 Å². The standard InChI is InChI=1S/C52H28N4S/c1-2-12-29(13-3-1)30-14-10-15-31(28-30)48-52(54-50-36-20-7-5-17-33(36)32-16-4-6-19-35(32)49(50)53-48)56-40-23-11-22-39-44(40)45-41(56)25-27-42-46(45)47-43(57-42)26-24-37-34-18-8-9-21-38(34)55(39)51(37)47/h1-28H. The summed E-state index contributed by atoms with van der Waals surface area (Å²) < 4.78 is 7.55. The SMILES string of the molecule is c1ccc(-c2cccc(-c3nc4c5ccccc5c5ccccc5c4nc3-n3c4ccc5sc6ccc7c8ccccc8n8c9cccc3c9c4c5c6c78)c2)cc1. The highest BCUT2D eigenvalue weighted by atomic mass is 32.1. The minimum Gasteiger partial charge on any atom is -0.308 e. The first-order chi connectivity index (χ1) is 28.3. The molecule has 9 aromatic carbocycles. The smallest absolute Gasteiger partial charge is 0.165 e. The average molecular weight is 741 g/mol. The molecular formula is C52H28N4S. The fourth-order valence-corrected chi connectivity index (χ4v) is 11.2. The van der Waals surface area contributed by atoms with Gasteiger partial charge in [0.05, 0.1) is 38.6 Å². The Balaban J connectivity index is 1.21. The van der Waals surface area contributed by atoms with Crippen molar-refractivity contribution < 1.29 is 0 Å². The number of hydrogen-bond donors (Lipinski definition) is 0. The van der Waals surface area contributed by atoms with Gasteiger partial charge >= 0.3 is 0 Å². The van der Waals surface area contributed by atoms with Crippen LogP contribution in [0.4, 0.5) is 0 Å². The quantitative estimate of drug-likeness (QED) is 0.169. The van der Waals surface area contributed by atoms with Crippen molar-refractivity contribution in [2.45, 2.75) is 0 Å². The molecule has 0 amide bonds. The third-order valence-electron chi connectivity index (χ3n) is 12.4. The summed E-state index contributed by atoms with van der Waals surface area (Å²) in [5.41, 5.74) is 12.0. The summed E-state index contributed by atoms with van der Waals surface area (Å²) >= 11 is 1.89. The third-order valence-corrected chi connectivity index (χ3v) is 13.5. The van der Waals surface area contributed by atoms with E-state index in [4.69, 9.17) is 9.97 Å². The van der Waals surface area contributed by atoms with Gasteiger partial charge in [0.1, 0.15) is 5.69 Å². The van der Waals surface area contributed by atoms with Gasteiger partial charge in [-0.3, -0.25) is 4.57 Å². The van der Waals surface area contributed by atoms with Gasteiger partial charge in [0, 0.05) is 58.1 Å². The average Bonchev–Trinajstić information content (AvgIpc) is 3.91. The van der Waals surface area contributed by atoms with E-state index in [0.29, 0.717) is 0 Å². The molecule has 14 rings (SSSR count). The summed E-state index contributed by atoms with van der Waals surface area (Å²) in [4.78, 5) is 11.6. The van der Waals surface area contributed by atoms with Gasteiger partial charge in [-0.25, -0.2) is 9.97 Å². The molecule has 0 aliphatic carbocycles. The Hall–Kier alpha value is -7.34. The molecule has 0 radical (unpaired) electrons. The van der Waals surface area contributed by atoms with E-state index in [9.17, 15) is 0 Å². The number of benzene rings is 9. The number of fused-ring (bicyclic) bond motifs is 10. The van der Waals surface area contributed by atoms with Crippen LogP contribution in [-0.2, 0) is 0 Å². The van der Waals surface area contributed by atoms with Gasteiger partial charge in [-0.1, -0.05) is 127 Å². The van der Waals surface area contributed by atoms with Crippen LogP contribution in [0.1, 0.15) is 0 Å². The molecule has 0 bridgehead atoms. The fraction of sp³-hybridized carbons (Fsp3) is 0. The molecule has 0 fully saturated rings. The zero-order valence-electron chi connectivity index (χ0n) is 30.4. The number of para-hydroxylation sites is 1. The van der Waals surface area contributed by atoms with Gasteiger partial charge in [0.15, 0.2) is 5.82 Å². The lowest BCUT2D eigenvalue weighted by atomic mass is 9.98. The highest BCUT2D eigenvalue weighted by molar-refractivity contribution is 7.26. The zero-order valence-corrected chi connectivity index (χ0v) is 31.2. The molecule has 4 nitrogen and oxygen atoms in total. The van der Waals surface area contributed by atoms with Gasteiger partial charge < -0.3 is 4.40 Å². The summed E-state index contributed by atoms with van der Waals surface area (Å²) in [6, 6.07) is 61.7. The van der Waals surface area contributed by atoms with Crippen LogP contribution in [0.5, 0.6) is 0 Å². The molecule has 5 heteroatoms. The maximum absolute atomic E-state index is 5.82. The van der Waals surface area contributed by atoms with Crippen molar-refractivity contribution in [3.63, 3.8) is 0 Å². The molecule has 0 spiro atoms. The van der Waals surface area contributed by atoms with E-state index in [-0.39, 0.29) is 0 Å². The van der Waals surface area contributed by atoms with Crippen LogP contribution in [0.15, 0.2) is 170 Å². The minimum absolute atomic E-state index is 0.826. The van der Waals surface area contributed by atoms with E-state index in [1.54, 1.807) is 0 Å². The lowest BCUT2D eigenvalue weighted by Crippen LogP contribution is -2.04. The van der Waals surface area contributed by atoms with Crippen molar-refractivity contribution in [2.24, 2.45) is 0 Å². The Morgan fingerprint density at radius 1 is 0.368 bits per heavy atom. The molecule has 0 aliphatic rings. The summed E-state index contributed by atoms with van der Waals surface area (Å²) in [5, 5.41) is 12.3. The lowest BCUT2D eigenvalue weighted by molar-refractivity contribution is 1.08. The molecule has 5 aromatic heterocycles. The minimum atomic E-state index is 0.826. The van der Waals surface area contributed by atoms with E-state index < -0.39 is 0 Å². The van der Waals surface area contributed by atoms with E-state index in [0.717, 1.165) is 55.5 Å². The van der Waals surface area contributed by atoms with Crippen LogP contribution in [-0.4, -0.2) is 18.9 Å². The molecule has 262 valence electrons. The first-order valence-electron chi connectivity index (χ1n) is 19.4. The molecule has 57 heavy (non-hydrogen) atoms. The number of hydrogen-bond acceptors (Lipinski definition) is 3. The predicted molar refractivity (Wildman–Crippen MR) is 241 cm³/mol. The third kappa shape index (κ3) is 3.77. The van der Waals surface area contributed by atoms with Crippen molar-refractivity contribution in [3.05, 3.63) is 170 Å². The highest BCUT2D eigenvalue weighted by Gasteiger charge is 2.27.